The molecule has 1 atom stereocenters. The van der Waals surface area contributed by atoms with Crippen molar-refractivity contribution in [1.82, 2.24) is 9.97 Å². The third-order valence-electron chi connectivity index (χ3n) is 3.82. The highest BCUT2D eigenvalue weighted by Gasteiger charge is 2.28. The summed E-state index contributed by atoms with van der Waals surface area (Å²) in [5.74, 6) is 0.842. The van der Waals surface area contributed by atoms with Crippen molar-refractivity contribution in [2.24, 2.45) is 0 Å². The van der Waals surface area contributed by atoms with Crippen LogP contribution in [0.15, 0.2) is 36.7 Å². The van der Waals surface area contributed by atoms with Crippen LogP contribution in [-0.4, -0.2) is 49.0 Å². The van der Waals surface area contributed by atoms with Crippen LogP contribution in [-0.2, 0) is 9.84 Å². The number of sulfone groups is 1. The molecule has 1 aliphatic heterocycles. The molecule has 0 bridgehead atoms. The monoisotopic (exact) mass is 362 g/mol. The van der Waals surface area contributed by atoms with Crippen LogP contribution < -0.4 is 15.4 Å². The van der Waals surface area contributed by atoms with E-state index in [2.05, 4.69) is 20.6 Å². The number of aromatic nitrogens is 2. The van der Waals surface area contributed by atoms with Crippen LogP contribution in [0.25, 0.3) is 0 Å². The van der Waals surface area contributed by atoms with Crippen molar-refractivity contribution in [1.29, 1.82) is 0 Å². The average Bonchev–Trinajstić information content (AvgIpc) is 2.94. The molecule has 1 unspecified atom stereocenters. The standard InChI is InChI=1S/C16H18N4O4S/c1-24-14-5-3-2-4-12(14)20-16(21)13-8-18-15(9-17-13)19-11-6-7-25(22,23)10-11/h2-5,8-9,11H,6-7,10H2,1H3,(H,18,19)(H,20,21). The zero-order valence-corrected chi connectivity index (χ0v) is 14.4. The van der Waals surface area contributed by atoms with Gasteiger partial charge in [-0.1, -0.05) is 12.1 Å². The average molecular weight is 362 g/mol. The lowest BCUT2D eigenvalue weighted by Crippen LogP contribution is -2.22. The predicted octanol–water partition coefficient (Wildman–Crippen LogP) is 1.34. The Morgan fingerprint density at radius 2 is 2.04 bits per heavy atom. The number of hydrogen-bond donors (Lipinski definition) is 2. The second-order valence-corrected chi connectivity index (χ2v) is 7.91. The van der Waals surface area contributed by atoms with Gasteiger partial charge >= 0.3 is 0 Å². The summed E-state index contributed by atoms with van der Waals surface area (Å²) >= 11 is 0. The number of para-hydroxylation sites is 2. The fraction of sp³-hybridized carbons (Fsp3) is 0.312. The number of ether oxygens (including phenoxy) is 1. The van der Waals surface area contributed by atoms with Gasteiger partial charge in [-0.25, -0.2) is 18.4 Å². The highest BCUT2D eigenvalue weighted by atomic mass is 32.2. The first-order valence-electron chi connectivity index (χ1n) is 7.70. The summed E-state index contributed by atoms with van der Waals surface area (Å²) in [6.45, 7) is 0. The minimum atomic E-state index is -2.97. The summed E-state index contributed by atoms with van der Waals surface area (Å²) in [7, 11) is -1.44. The molecule has 2 aromatic rings. The highest BCUT2D eigenvalue weighted by Crippen LogP contribution is 2.23. The Hall–Kier alpha value is -2.68. The van der Waals surface area contributed by atoms with Crippen LogP contribution in [0.2, 0.25) is 0 Å². The maximum atomic E-state index is 12.3. The number of hydrogen-bond acceptors (Lipinski definition) is 7. The first-order valence-corrected chi connectivity index (χ1v) is 9.52. The third-order valence-corrected chi connectivity index (χ3v) is 5.59. The van der Waals surface area contributed by atoms with E-state index in [9.17, 15) is 13.2 Å². The number of carbonyl (C=O) groups is 1. The van der Waals surface area contributed by atoms with Gasteiger partial charge in [0.15, 0.2) is 9.84 Å². The summed E-state index contributed by atoms with van der Waals surface area (Å²) < 4.78 is 28.1. The van der Waals surface area contributed by atoms with E-state index in [1.807, 2.05) is 0 Å². The molecule has 9 heteroatoms. The van der Waals surface area contributed by atoms with E-state index in [1.54, 1.807) is 24.3 Å². The van der Waals surface area contributed by atoms with E-state index in [-0.39, 0.29) is 23.2 Å². The first-order chi connectivity index (χ1) is 12.0. The zero-order chi connectivity index (χ0) is 17.9. The quantitative estimate of drug-likeness (QED) is 0.826. The molecule has 132 valence electrons. The molecule has 2 N–H and O–H groups in total. The summed E-state index contributed by atoms with van der Waals surface area (Å²) in [6.07, 6.45) is 3.30. The Morgan fingerprint density at radius 3 is 2.68 bits per heavy atom. The molecule has 1 fully saturated rings. The van der Waals surface area contributed by atoms with Gasteiger partial charge < -0.3 is 15.4 Å². The molecule has 1 aliphatic rings. The van der Waals surface area contributed by atoms with Gasteiger partial charge in [0.1, 0.15) is 17.3 Å². The van der Waals surface area contributed by atoms with E-state index in [0.29, 0.717) is 23.7 Å². The zero-order valence-electron chi connectivity index (χ0n) is 13.6. The number of rotatable bonds is 5. The van der Waals surface area contributed by atoms with Gasteiger partial charge in [0.2, 0.25) is 0 Å². The topological polar surface area (TPSA) is 110 Å². The van der Waals surface area contributed by atoms with E-state index >= 15 is 0 Å². The number of benzene rings is 1. The Kier molecular flexibility index (Phi) is 4.84. The Morgan fingerprint density at radius 1 is 1.24 bits per heavy atom. The number of methoxy groups -OCH3 is 1. The largest absolute Gasteiger partial charge is 0.495 e. The normalized spacial score (nSPS) is 18.5. The summed E-state index contributed by atoms with van der Waals surface area (Å²) in [6, 6.07) is 6.88. The van der Waals surface area contributed by atoms with Gasteiger partial charge in [-0.15, -0.1) is 0 Å². The molecular weight excluding hydrogens is 344 g/mol. The number of anilines is 2. The van der Waals surface area contributed by atoms with Crippen molar-refractivity contribution in [3.05, 3.63) is 42.4 Å². The Balaban J connectivity index is 1.64. The molecule has 8 nitrogen and oxygen atoms in total. The van der Waals surface area contributed by atoms with Crippen LogP contribution in [0.1, 0.15) is 16.9 Å². The molecule has 25 heavy (non-hydrogen) atoms. The molecule has 0 saturated carbocycles. The molecule has 1 saturated heterocycles. The molecule has 0 radical (unpaired) electrons. The summed E-state index contributed by atoms with van der Waals surface area (Å²) in [5, 5.41) is 5.74. The van der Waals surface area contributed by atoms with E-state index in [4.69, 9.17) is 4.74 Å². The minimum absolute atomic E-state index is 0.0880. The molecule has 3 rings (SSSR count). The number of nitrogens with zero attached hydrogens (tertiary/aromatic N) is 2. The predicted molar refractivity (Wildman–Crippen MR) is 93.7 cm³/mol. The van der Waals surface area contributed by atoms with E-state index in [1.165, 1.54) is 19.5 Å². The second kappa shape index (κ2) is 7.06. The Bertz CT molecular complexity index is 868. The number of amides is 1. The van der Waals surface area contributed by atoms with Gasteiger partial charge in [-0.2, -0.15) is 0 Å². The number of nitrogens with one attached hydrogen (secondary N) is 2. The van der Waals surface area contributed by atoms with Crippen LogP contribution in [0, 0.1) is 0 Å². The fourth-order valence-electron chi connectivity index (χ4n) is 2.57. The Labute approximate surface area is 145 Å². The van der Waals surface area contributed by atoms with Gasteiger partial charge in [0.25, 0.3) is 5.91 Å². The molecule has 1 aromatic heterocycles. The minimum Gasteiger partial charge on any atom is -0.495 e. The number of carbonyl (C=O) groups excluding carboxylic acids is 1. The van der Waals surface area contributed by atoms with Crippen LogP contribution in [0.5, 0.6) is 5.75 Å². The second-order valence-electron chi connectivity index (χ2n) is 5.69. The van der Waals surface area contributed by atoms with Crippen LogP contribution in [0.3, 0.4) is 0 Å². The third kappa shape index (κ3) is 4.24. The molecule has 0 aliphatic carbocycles. The van der Waals surface area contributed by atoms with E-state index in [0.717, 1.165) is 0 Å². The van der Waals surface area contributed by atoms with Gasteiger partial charge in [-0.3, -0.25) is 4.79 Å². The fourth-order valence-corrected chi connectivity index (χ4v) is 4.25. The molecular formula is C16H18N4O4S. The van der Waals surface area contributed by atoms with Crippen molar-refractivity contribution >= 4 is 27.2 Å². The maximum Gasteiger partial charge on any atom is 0.275 e. The smallest absolute Gasteiger partial charge is 0.275 e. The summed E-state index contributed by atoms with van der Waals surface area (Å²) in [5.41, 5.74) is 0.686. The molecule has 1 aromatic carbocycles. The van der Waals surface area contributed by atoms with Crippen molar-refractivity contribution in [3.63, 3.8) is 0 Å². The SMILES string of the molecule is COc1ccccc1NC(=O)c1cnc(NC2CCS(=O)(=O)C2)cn1. The molecule has 1 amide bonds. The van der Waals surface area contributed by atoms with Crippen molar-refractivity contribution in [2.45, 2.75) is 12.5 Å². The summed E-state index contributed by atoms with van der Waals surface area (Å²) in [4.78, 5) is 20.5. The van der Waals surface area contributed by atoms with Crippen molar-refractivity contribution in [3.8, 4) is 5.75 Å². The van der Waals surface area contributed by atoms with Crippen LogP contribution in [0.4, 0.5) is 11.5 Å². The molecule has 2 heterocycles. The van der Waals surface area contributed by atoms with E-state index < -0.39 is 15.7 Å². The van der Waals surface area contributed by atoms with Gasteiger partial charge in [0, 0.05) is 6.04 Å². The van der Waals surface area contributed by atoms with Crippen molar-refractivity contribution < 1.29 is 17.9 Å². The lowest BCUT2D eigenvalue weighted by molar-refractivity contribution is 0.102. The first kappa shape index (κ1) is 17.2. The van der Waals surface area contributed by atoms with Gasteiger partial charge in [0.05, 0.1) is 36.7 Å². The van der Waals surface area contributed by atoms with Crippen molar-refractivity contribution in [2.75, 3.05) is 29.2 Å². The van der Waals surface area contributed by atoms with Crippen LogP contribution >= 0.6 is 0 Å². The lowest BCUT2D eigenvalue weighted by Gasteiger charge is -2.12. The maximum absolute atomic E-state index is 12.3. The van der Waals surface area contributed by atoms with Gasteiger partial charge in [-0.05, 0) is 18.6 Å². The lowest BCUT2D eigenvalue weighted by atomic mass is 10.2. The highest BCUT2D eigenvalue weighted by molar-refractivity contribution is 7.91. The molecule has 0 spiro atoms.